The first-order valence-corrected chi connectivity index (χ1v) is 7.83. The van der Waals surface area contributed by atoms with Gasteiger partial charge in [0.25, 0.3) is 0 Å². The van der Waals surface area contributed by atoms with Crippen molar-refractivity contribution in [2.75, 3.05) is 18.9 Å². The van der Waals surface area contributed by atoms with Gasteiger partial charge in [-0.1, -0.05) is 6.07 Å². The lowest BCUT2D eigenvalue weighted by Crippen LogP contribution is -2.29. The molecule has 1 aliphatic carbocycles. The zero-order valence-corrected chi connectivity index (χ0v) is 12.2. The molecule has 1 aromatic rings. The number of sulfonamides is 1. The number of nitrogens with one attached hydrogen (secondary N) is 1. The van der Waals surface area contributed by atoms with Crippen LogP contribution in [-0.2, 0) is 10.0 Å². The Balaban J connectivity index is 2.55. The minimum atomic E-state index is -3.84. The van der Waals surface area contributed by atoms with Crippen molar-refractivity contribution in [1.82, 2.24) is 4.31 Å². The van der Waals surface area contributed by atoms with Crippen molar-refractivity contribution in [2.24, 2.45) is 0 Å². The number of para-hydroxylation sites is 1. The lowest BCUT2D eigenvalue weighted by Gasteiger charge is -2.17. The van der Waals surface area contributed by atoms with Gasteiger partial charge in [-0.2, -0.15) is 4.31 Å². The lowest BCUT2D eigenvalue weighted by molar-refractivity contribution is -0.386. The highest BCUT2D eigenvalue weighted by molar-refractivity contribution is 7.89. The average molecular weight is 299 g/mol. The average Bonchev–Trinajstić information content (AvgIpc) is 3.21. The van der Waals surface area contributed by atoms with Crippen molar-refractivity contribution in [3.63, 3.8) is 0 Å². The summed E-state index contributed by atoms with van der Waals surface area (Å²) in [6, 6.07) is 4.27. The predicted molar refractivity (Wildman–Crippen MR) is 75.2 cm³/mol. The van der Waals surface area contributed by atoms with Gasteiger partial charge in [0.05, 0.1) is 4.92 Å². The lowest BCUT2D eigenvalue weighted by atomic mass is 10.2. The molecule has 110 valence electrons. The van der Waals surface area contributed by atoms with E-state index in [2.05, 4.69) is 5.32 Å². The van der Waals surface area contributed by atoms with E-state index in [0.717, 1.165) is 12.8 Å². The van der Waals surface area contributed by atoms with Crippen molar-refractivity contribution in [3.8, 4) is 0 Å². The van der Waals surface area contributed by atoms with Gasteiger partial charge < -0.3 is 5.32 Å². The van der Waals surface area contributed by atoms with Crippen LogP contribution in [0.3, 0.4) is 0 Å². The molecule has 0 spiro atoms. The Kier molecular flexibility index (Phi) is 3.96. The van der Waals surface area contributed by atoms with E-state index in [1.54, 1.807) is 6.92 Å². The number of rotatable bonds is 6. The summed E-state index contributed by atoms with van der Waals surface area (Å²) in [5.74, 6) is 0. The van der Waals surface area contributed by atoms with Gasteiger partial charge in [0.1, 0.15) is 5.69 Å². The minimum Gasteiger partial charge on any atom is -0.380 e. The van der Waals surface area contributed by atoms with Crippen LogP contribution in [0.4, 0.5) is 11.4 Å². The molecule has 0 atom stereocenters. The third-order valence-corrected chi connectivity index (χ3v) is 5.21. The molecular formula is C12H17N3O4S. The van der Waals surface area contributed by atoms with Crippen molar-refractivity contribution < 1.29 is 13.3 Å². The first-order valence-electron chi connectivity index (χ1n) is 6.39. The Morgan fingerprint density at radius 2 is 2.10 bits per heavy atom. The number of benzene rings is 1. The van der Waals surface area contributed by atoms with E-state index in [1.165, 1.54) is 29.6 Å². The van der Waals surface area contributed by atoms with E-state index in [9.17, 15) is 18.5 Å². The third kappa shape index (κ3) is 2.61. The first kappa shape index (κ1) is 14.7. The van der Waals surface area contributed by atoms with Crippen LogP contribution < -0.4 is 5.32 Å². The molecule has 0 aromatic heterocycles. The molecule has 8 heteroatoms. The highest BCUT2D eigenvalue weighted by atomic mass is 32.2. The van der Waals surface area contributed by atoms with E-state index >= 15 is 0 Å². The summed E-state index contributed by atoms with van der Waals surface area (Å²) in [6.45, 7) is 2.27. The fourth-order valence-electron chi connectivity index (χ4n) is 2.04. The highest BCUT2D eigenvalue weighted by Crippen LogP contribution is 2.37. The number of hydrogen-bond acceptors (Lipinski definition) is 5. The van der Waals surface area contributed by atoms with E-state index in [1.807, 2.05) is 0 Å². The molecule has 1 aromatic carbocycles. The standard InChI is InChI=1S/C12H17N3O4S/c1-3-13-10-5-4-6-11(12(10)15(16)17)20(18,19)14(2)9-7-8-9/h4-6,9,13H,3,7-8H2,1-2H3. The van der Waals surface area contributed by atoms with E-state index in [-0.39, 0.29) is 22.3 Å². The van der Waals surface area contributed by atoms with Gasteiger partial charge in [0.15, 0.2) is 4.90 Å². The zero-order valence-electron chi connectivity index (χ0n) is 11.4. The van der Waals surface area contributed by atoms with Gasteiger partial charge in [0, 0.05) is 19.6 Å². The summed E-state index contributed by atoms with van der Waals surface area (Å²) < 4.78 is 26.2. The summed E-state index contributed by atoms with van der Waals surface area (Å²) in [5, 5.41) is 14.1. The molecule has 0 unspecified atom stereocenters. The van der Waals surface area contributed by atoms with Crippen molar-refractivity contribution in [3.05, 3.63) is 28.3 Å². The van der Waals surface area contributed by atoms with E-state index in [0.29, 0.717) is 6.54 Å². The largest absolute Gasteiger partial charge is 0.380 e. The van der Waals surface area contributed by atoms with Crippen molar-refractivity contribution >= 4 is 21.4 Å². The molecule has 1 saturated carbocycles. The summed E-state index contributed by atoms with van der Waals surface area (Å²) in [6.07, 6.45) is 1.60. The van der Waals surface area contributed by atoms with Crippen LogP contribution in [0.15, 0.2) is 23.1 Å². The minimum absolute atomic E-state index is 0.0394. The van der Waals surface area contributed by atoms with Crippen LogP contribution in [0.25, 0.3) is 0 Å². The Hall–Kier alpha value is -1.67. The Labute approximate surface area is 117 Å². The maximum absolute atomic E-state index is 12.5. The molecule has 7 nitrogen and oxygen atoms in total. The van der Waals surface area contributed by atoms with Gasteiger partial charge in [-0.05, 0) is 31.9 Å². The summed E-state index contributed by atoms with van der Waals surface area (Å²) in [4.78, 5) is 10.4. The Bertz CT molecular complexity index is 626. The Morgan fingerprint density at radius 1 is 1.45 bits per heavy atom. The molecule has 0 heterocycles. The van der Waals surface area contributed by atoms with Crippen molar-refractivity contribution in [1.29, 1.82) is 0 Å². The molecule has 1 aliphatic rings. The maximum atomic E-state index is 12.5. The smallest absolute Gasteiger partial charge is 0.312 e. The predicted octanol–water partition coefficient (Wildman–Crippen LogP) is 1.81. The van der Waals surface area contributed by atoms with Gasteiger partial charge in [0.2, 0.25) is 10.0 Å². The molecule has 0 saturated heterocycles. The molecule has 0 bridgehead atoms. The van der Waals surface area contributed by atoms with Crippen LogP contribution in [0, 0.1) is 10.1 Å². The van der Waals surface area contributed by atoms with Gasteiger partial charge in [-0.25, -0.2) is 8.42 Å². The van der Waals surface area contributed by atoms with Crippen molar-refractivity contribution in [2.45, 2.75) is 30.7 Å². The first-order chi connectivity index (χ1) is 9.39. The quantitative estimate of drug-likeness (QED) is 0.638. The van der Waals surface area contributed by atoms with Crippen LogP contribution in [-0.4, -0.2) is 37.3 Å². The molecule has 0 amide bonds. The van der Waals surface area contributed by atoms with Crippen LogP contribution >= 0.6 is 0 Å². The highest BCUT2D eigenvalue weighted by Gasteiger charge is 2.39. The molecule has 2 rings (SSSR count). The van der Waals surface area contributed by atoms with Gasteiger partial charge in [-0.3, -0.25) is 10.1 Å². The summed E-state index contributed by atoms with van der Waals surface area (Å²) in [7, 11) is -2.37. The van der Waals surface area contributed by atoms with E-state index in [4.69, 9.17) is 0 Å². The number of nitro groups is 1. The molecule has 20 heavy (non-hydrogen) atoms. The molecular weight excluding hydrogens is 282 g/mol. The fraction of sp³-hybridized carbons (Fsp3) is 0.500. The second-order valence-electron chi connectivity index (χ2n) is 4.69. The normalized spacial score (nSPS) is 15.3. The number of nitro benzene ring substituents is 1. The molecule has 0 aliphatic heterocycles. The van der Waals surface area contributed by atoms with Crippen LogP contribution in [0.5, 0.6) is 0 Å². The number of nitrogens with zero attached hydrogens (tertiary/aromatic N) is 2. The zero-order chi connectivity index (χ0) is 14.9. The molecule has 1 N–H and O–H groups in total. The monoisotopic (exact) mass is 299 g/mol. The topological polar surface area (TPSA) is 92.6 Å². The van der Waals surface area contributed by atoms with Gasteiger partial charge in [-0.15, -0.1) is 0 Å². The van der Waals surface area contributed by atoms with Crippen LogP contribution in [0.2, 0.25) is 0 Å². The second kappa shape index (κ2) is 5.37. The summed E-state index contributed by atoms with van der Waals surface area (Å²) in [5.41, 5.74) is -0.162. The Morgan fingerprint density at radius 3 is 2.60 bits per heavy atom. The number of hydrogen-bond donors (Lipinski definition) is 1. The molecule has 1 fully saturated rings. The van der Waals surface area contributed by atoms with Crippen LogP contribution in [0.1, 0.15) is 19.8 Å². The summed E-state index contributed by atoms with van der Waals surface area (Å²) >= 11 is 0. The second-order valence-corrected chi connectivity index (χ2v) is 6.66. The SMILES string of the molecule is CCNc1cccc(S(=O)(=O)N(C)C2CC2)c1[N+](=O)[O-]. The maximum Gasteiger partial charge on any atom is 0.312 e. The number of anilines is 1. The fourth-order valence-corrected chi connectivity index (χ4v) is 3.63. The van der Waals surface area contributed by atoms with E-state index < -0.39 is 14.9 Å². The molecule has 0 radical (unpaired) electrons. The van der Waals surface area contributed by atoms with Gasteiger partial charge >= 0.3 is 5.69 Å². The third-order valence-electron chi connectivity index (χ3n) is 3.27.